The normalized spacial score (nSPS) is 21.9. The number of anilines is 1. The van der Waals surface area contributed by atoms with Gasteiger partial charge in [-0.15, -0.1) is 0 Å². The van der Waals surface area contributed by atoms with Crippen molar-refractivity contribution >= 4 is 23.4 Å². The highest BCUT2D eigenvalue weighted by atomic mass is 35.5. The summed E-state index contributed by atoms with van der Waals surface area (Å²) in [4.78, 5) is 9.47. The van der Waals surface area contributed by atoms with Gasteiger partial charge in [0.1, 0.15) is 12.0 Å². The molecule has 0 amide bonds. The van der Waals surface area contributed by atoms with Crippen LogP contribution in [0.1, 0.15) is 44.8 Å². The van der Waals surface area contributed by atoms with Gasteiger partial charge in [0.25, 0.3) is 0 Å². The molecule has 1 saturated heterocycles. The molecule has 0 radical (unpaired) electrons. The number of aromatic nitrogens is 2. The molecule has 1 aromatic heterocycles. The standard InChI is InChI=1S/C22H36ClN7O/c1-5-17(23)8-9-18(6-2)26-20-19-16-25-29(4)21(19)27-22(28(20)3)24-10-7-11-30-12-14-31-15-13-30/h8-9,16,20,26H,5-7,10-15H2,1-4H3,(H,24,27)/b17-8+,18-9+. The number of morpholine rings is 1. The number of hydrogen-bond acceptors (Lipinski definition) is 5. The van der Waals surface area contributed by atoms with Gasteiger partial charge in [-0.25, -0.2) is 0 Å². The SMILES string of the molecule is CC/C(Cl)=C\C=C(/CC)NC1c2cnn(C)c2NC(=NCCCN2CCOCC2)N1C. The molecule has 1 atom stereocenters. The quantitative estimate of drug-likeness (QED) is 0.445. The Morgan fingerprint density at radius 1 is 1.29 bits per heavy atom. The van der Waals surface area contributed by atoms with Gasteiger partial charge in [-0.1, -0.05) is 25.4 Å². The Morgan fingerprint density at radius 3 is 2.77 bits per heavy atom. The molecular formula is C22H36ClN7O. The molecule has 31 heavy (non-hydrogen) atoms. The monoisotopic (exact) mass is 449 g/mol. The van der Waals surface area contributed by atoms with Gasteiger partial charge in [-0.3, -0.25) is 14.6 Å². The van der Waals surface area contributed by atoms with E-state index in [4.69, 9.17) is 21.3 Å². The minimum Gasteiger partial charge on any atom is -0.379 e. The van der Waals surface area contributed by atoms with E-state index in [0.717, 1.165) is 86.7 Å². The van der Waals surface area contributed by atoms with Gasteiger partial charge in [0.15, 0.2) is 0 Å². The topological polar surface area (TPSA) is 70.0 Å². The third-order valence-corrected chi connectivity index (χ3v) is 6.11. The lowest BCUT2D eigenvalue weighted by molar-refractivity contribution is 0.0377. The molecule has 2 N–H and O–H groups in total. The van der Waals surface area contributed by atoms with Crippen molar-refractivity contribution < 1.29 is 4.74 Å². The largest absolute Gasteiger partial charge is 0.379 e. The zero-order chi connectivity index (χ0) is 22.2. The van der Waals surface area contributed by atoms with E-state index >= 15 is 0 Å². The van der Waals surface area contributed by atoms with Crippen molar-refractivity contribution in [1.82, 2.24) is 24.9 Å². The van der Waals surface area contributed by atoms with Gasteiger partial charge in [0.05, 0.1) is 25.0 Å². The highest BCUT2D eigenvalue weighted by Crippen LogP contribution is 2.30. The van der Waals surface area contributed by atoms with Crippen LogP contribution in [-0.4, -0.2) is 72.0 Å². The average Bonchev–Trinajstić information content (AvgIpc) is 3.16. The number of guanidine groups is 1. The highest BCUT2D eigenvalue weighted by molar-refractivity contribution is 6.29. The predicted octanol–water partition coefficient (Wildman–Crippen LogP) is 3.27. The first-order chi connectivity index (χ1) is 15.0. The summed E-state index contributed by atoms with van der Waals surface area (Å²) in [5.41, 5.74) is 2.22. The van der Waals surface area contributed by atoms with Crippen molar-refractivity contribution in [2.75, 3.05) is 51.8 Å². The number of rotatable bonds is 9. The minimum atomic E-state index is -0.0528. The van der Waals surface area contributed by atoms with E-state index in [2.05, 4.69) is 52.5 Å². The van der Waals surface area contributed by atoms with E-state index in [1.165, 1.54) is 0 Å². The molecule has 0 aromatic carbocycles. The van der Waals surface area contributed by atoms with E-state index in [1.807, 2.05) is 24.0 Å². The van der Waals surface area contributed by atoms with Crippen LogP contribution in [0.2, 0.25) is 0 Å². The van der Waals surface area contributed by atoms with Crippen molar-refractivity contribution in [3.05, 3.63) is 34.6 Å². The van der Waals surface area contributed by atoms with Crippen LogP contribution in [0, 0.1) is 0 Å². The van der Waals surface area contributed by atoms with Gasteiger partial charge < -0.3 is 20.3 Å². The molecular weight excluding hydrogens is 414 g/mol. The first kappa shape index (κ1) is 23.6. The van der Waals surface area contributed by atoms with Crippen LogP contribution in [0.15, 0.2) is 34.1 Å². The lowest BCUT2D eigenvalue weighted by Gasteiger charge is -2.37. The predicted molar refractivity (Wildman–Crippen MR) is 127 cm³/mol. The fraction of sp³-hybridized carbons (Fsp3) is 0.636. The van der Waals surface area contributed by atoms with E-state index in [9.17, 15) is 0 Å². The van der Waals surface area contributed by atoms with Crippen LogP contribution in [0.25, 0.3) is 0 Å². The van der Waals surface area contributed by atoms with E-state index in [-0.39, 0.29) is 6.17 Å². The molecule has 0 aliphatic carbocycles. The van der Waals surface area contributed by atoms with Crippen molar-refractivity contribution in [3.8, 4) is 0 Å². The summed E-state index contributed by atoms with van der Waals surface area (Å²) in [5.74, 6) is 1.83. The van der Waals surface area contributed by atoms with Gasteiger partial charge in [0.2, 0.25) is 5.96 Å². The Morgan fingerprint density at radius 2 is 2.06 bits per heavy atom. The summed E-state index contributed by atoms with van der Waals surface area (Å²) in [6.45, 7) is 9.71. The first-order valence-corrected chi connectivity index (χ1v) is 11.6. The number of nitrogens with zero attached hydrogens (tertiary/aromatic N) is 5. The van der Waals surface area contributed by atoms with Crippen LogP contribution in [0.4, 0.5) is 5.82 Å². The number of fused-ring (bicyclic) bond motifs is 1. The van der Waals surface area contributed by atoms with Crippen LogP contribution < -0.4 is 10.6 Å². The van der Waals surface area contributed by atoms with Crippen molar-refractivity contribution in [2.45, 2.75) is 39.3 Å². The van der Waals surface area contributed by atoms with Gasteiger partial charge in [-0.2, -0.15) is 5.10 Å². The molecule has 172 valence electrons. The first-order valence-electron chi connectivity index (χ1n) is 11.2. The van der Waals surface area contributed by atoms with E-state index in [0.29, 0.717) is 0 Å². The second-order valence-corrected chi connectivity index (χ2v) is 8.37. The van der Waals surface area contributed by atoms with E-state index in [1.54, 1.807) is 0 Å². The van der Waals surface area contributed by atoms with Crippen LogP contribution >= 0.6 is 11.6 Å². The smallest absolute Gasteiger partial charge is 0.201 e. The zero-order valence-corrected chi connectivity index (χ0v) is 20.0. The van der Waals surface area contributed by atoms with Gasteiger partial charge in [0, 0.05) is 51.0 Å². The van der Waals surface area contributed by atoms with Crippen LogP contribution in [0.3, 0.4) is 0 Å². The molecule has 3 rings (SSSR count). The summed E-state index contributed by atoms with van der Waals surface area (Å²) in [5, 5.41) is 12.4. The second kappa shape index (κ2) is 11.5. The molecule has 0 spiro atoms. The van der Waals surface area contributed by atoms with Gasteiger partial charge in [-0.05, 0) is 31.4 Å². The second-order valence-electron chi connectivity index (χ2n) is 7.88. The summed E-state index contributed by atoms with van der Waals surface area (Å²) < 4.78 is 7.29. The zero-order valence-electron chi connectivity index (χ0n) is 19.2. The van der Waals surface area contributed by atoms with Crippen molar-refractivity contribution in [2.24, 2.45) is 12.0 Å². The van der Waals surface area contributed by atoms with Crippen molar-refractivity contribution in [1.29, 1.82) is 0 Å². The fourth-order valence-corrected chi connectivity index (χ4v) is 3.78. The lowest BCUT2D eigenvalue weighted by Crippen LogP contribution is -2.46. The highest BCUT2D eigenvalue weighted by Gasteiger charge is 2.31. The van der Waals surface area contributed by atoms with Gasteiger partial charge >= 0.3 is 0 Å². The summed E-state index contributed by atoms with van der Waals surface area (Å²) in [7, 11) is 4.01. The number of ether oxygens (including phenoxy) is 1. The molecule has 0 bridgehead atoms. The molecule has 9 heteroatoms. The van der Waals surface area contributed by atoms with Crippen LogP contribution in [-0.2, 0) is 11.8 Å². The average molecular weight is 450 g/mol. The Kier molecular flexibility index (Phi) is 8.80. The number of nitrogens with one attached hydrogen (secondary N) is 2. The van der Waals surface area contributed by atoms with Crippen molar-refractivity contribution in [3.63, 3.8) is 0 Å². The summed E-state index contributed by atoms with van der Waals surface area (Å²) in [6, 6.07) is 0. The lowest BCUT2D eigenvalue weighted by atomic mass is 10.1. The Labute approximate surface area is 191 Å². The fourth-order valence-electron chi connectivity index (χ4n) is 3.71. The molecule has 1 unspecified atom stereocenters. The molecule has 8 nitrogen and oxygen atoms in total. The molecule has 3 heterocycles. The number of allylic oxidation sites excluding steroid dienone is 4. The maximum Gasteiger partial charge on any atom is 0.201 e. The molecule has 2 aliphatic rings. The Balaban J connectivity index is 1.71. The third-order valence-electron chi connectivity index (χ3n) is 5.72. The van der Waals surface area contributed by atoms with Crippen LogP contribution in [0.5, 0.6) is 0 Å². The minimum absolute atomic E-state index is 0.0528. The molecule has 0 saturated carbocycles. The summed E-state index contributed by atoms with van der Waals surface area (Å²) >= 11 is 6.20. The number of hydrogen-bond donors (Lipinski definition) is 2. The third kappa shape index (κ3) is 6.24. The number of halogens is 1. The number of aliphatic imine (C=N–C) groups is 1. The number of aryl methyl sites for hydroxylation is 1. The maximum absolute atomic E-state index is 6.20. The molecule has 2 aliphatic heterocycles. The molecule has 1 aromatic rings. The Bertz CT molecular complexity index is 811. The Hall–Kier alpha value is -2.03. The summed E-state index contributed by atoms with van der Waals surface area (Å²) in [6.07, 6.45) is 8.63. The molecule has 1 fully saturated rings. The maximum atomic E-state index is 6.20. The van der Waals surface area contributed by atoms with E-state index < -0.39 is 0 Å².